The molecule has 1 aliphatic rings. The predicted molar refractivity (Wildman–Crippen MR) is 106 cm³/mol. The van der Waals surface area contributed by atoms with Crippen LogP contribution in [0.5, 0.6) is 0 Å². The van der Waals surface area contributed by atoms with Crippen molar-refractivity contribution in [2.24, 2.45) is 5.73 Å². The molecule has 9 heteroatoms. The van der Waals surface area contributed by atoms with Gasteiger partial charge >= 0.3 is 0 Å². The molecule has 0 radical (unpaired) electrons. The first-order valence-electron chi connectivity index (χ1n) is 8.47. The minimum Gasteiger partial charge on any atom is -0.348 e. The zero-order valence-electron chi connectivity index (χ0n) is 14.5. The second-order valence-electron chi connectivity index (χ2n) is 6.30. The van der Waals surface area contributed by atoms with Gasteiger partial charge in [0, 0.05) is 35.2 Å². The number of aromatic nitrogens is 2. The van der Waals surface area contributed by atoms with E-state index >= 15 is 0 Å². The summed E-state index contributed by atoms with van der Waals surface area (Å²) in [5, 5.41) is 6.19. The molecule has 27 heavy (non-hydrogen) atoms. The van der Waals surface area contributed by atoms with Crippen LogP contribution in [-0.4, -0.2) is 33.9 Å². The van der Waals surface area contributed by atoms with Crippen molar-refractivity contribution in [3.8, 4) is 0 Å². The largest absolute Gasteiger partial charge is 0.348 e. The Morgan fingerprint density at radius 3 is 2.11 bits per heavy atom. The number of hydrogen-bond donors (Lipinski definition) is 3. The van der Waals surface area contributed by atoms with Crippen molar-refractivity contribution in [1.82, 2.24) is 15.3 Å². The molecule has 3 rings (SSSR count). The summed E-state index contributed by atoms with van der Waals surface area (Å²) in [5.41, 5.74) is 6.43. The number of hydrogen-bond acceptors (Lipinski definition) is 5. The van der Waals surface area contributed by atoms with Crippen LogP contribution in [0, 0.1) is 0 Å². The normalized spacial score (nSPS) is 18.9. The van der Waals surface area contributed by atoms with Gasteiger partial charge in [-0.2, -0.15) is 0 Å². The van der Waals surface area contributed by atoms with Crippen molar-refractivity contribution in [1.29, 1.82) is 0 Å². The third kappa shape index (κ3) is 5.63. The maximum absolute atomic E-state index is 12.6. The van der Waals surface area contributed by atoms with Crippen LogP contribution in [0.15, 0.2) is 36.7 Å². The van der Waals surface area contributed by atoms with Crippen LogP contribution in [0.1, 0.15) is 46.7 Å². The fraction of sp³-hybridized carbons (Fsp3) is 0.333. The molecule has 0 aliphatic heterocycles. The van der Waals surface area contributed by atoms with E-state index in [0.29, 0.717) is 10.7 Å². The summed E-state index contributed by atoms with van der Waals surface area (Å²) in [6.45, 7) is 0. The summed E-state index contributed by atoms with van der Waals surface area (Å²) >= 11 is 5.84. The summed E-state index contributed by atoms with van der Waals surface area (Å²) < 4.78 is 0. The first-order chi connectivity index (χ1) is 12.5. The lowest BCUT2D eigenvalue weighted by Gasteiger charge is -2.26. The van der Waals surface area contributed by atoms with E-state index in [1.165, 1.54) is 12.4 Å². The van der Waals surface area contributed by atoms with E-state index in [-0.39, 0.29) is 35.9 Å². The SMILES string of the molecule is Cl.NC1CCC(NC(=O)c2nccnc2C(=O)Nc2ccc(Cl)cc2)CC1. The molecule has 1 aromatic heterocycles. The van der Waals surface area contributed by atoms with E-state index < -0.39 is 11.8 Å². The van der Waals surface area contributed by atoms with E-state index in [1.807, 2.05) is 0 Å². The Morgan fingerprint density at radius 2 is 1.52 bits per heavy atom. The van der Waals surface area contributed by atoms with Crippen LogP contribution in [0.2, 0.25) is 5.02 Å². The van der Waals surface area contributed by atoms with Crippen molar-refractivity contribution in [3.63, 3.8) is 0 Å². The Bertz CT molecular complexity index is 793. The van der Waals surface area contributed by atoms with E-state index in [2.05, 4.69) is 20.6 Å². The number of carbonyl (C=O) groups is 2. The van der Waals surface area contributed by atoms with Gasteiger partial charge in [-0.05, 0) is 49.9 Å². The summed E-state index contributed by atoms with van der Waals surface area (Å²) in [5.74, 6) is -0.906. The van der Waals surface area contributed by atoms with E-state index in [1.54, 1.807) is 24.3 Å². The molecule has 0 unspecified atom stereocenters. The molecule has 0 atom stereocenters. The van der Waals surface area contributed by atoms with Crippen molar-refractivity contribution in [2.75, 3.05) is 5.32 Å². The molecule has 0 saturated heterocycles. The van der Waals surface area contributed by atoms with Crippen molar-refractivity contribution in [2.45, 2.75) is 37.8 Å². The number of nitrogens with one attached hydrogen (secondary N) is 2. The first-order valence-corrected chi connectivity index (χ1v) is 8.85. The van der Waals surface area contributed by atoms with Crippen molar-refractivity contribution < 1.29 is 9.59 Å². The zero-order valence-corrected chi connectivity index (χ0v) is 16.1. The highest BCUT2D eigenvalue weighted by atomic mass is 35.5. The maximum atomic E-state index is 12.6. The lowest BCUT2D eigenvalue weighted by atomic mass is 9.92. The first kappa shape index (κ1) is 21.1. The van der Waals surface area contributed by atoms with Gasteiger partial charge in [0.25, 0.3) is 11.8 Å². The van der Waals surface area contributed by atoms with Crippen LogP contribution < -0.4 is 16.4 Å². The quantitative estimate of drug-likeness (QED) is 0.718. The molecule has 0 spiro atoms. The average molecular weight is 410 g/mol. The van der Waals surface area contributed by atoms with E-state index in [4.69, 9.17) is 17.3 Å². The molecular formula is C18H21Cl2N5O2. The number of carbonyl (C=O) groups excluding carboxylic acids is 2. The van der Waals surface area contributed by atoms with Gasteiger partial charge in [-0.15, -0.1) is 12.4 Å². The fourth-order valence-electron chi connectivity index (χ4n) is 2.91. The number of anilines is 1. The molecule has 1 aromatic carbocycles. The fourth-order valence-corrected chi connectivity index (χ4v) is 3.04. The summed E-state index contributed by atoms with van der Waals surface area (Å²) in [6, 6.07) is 6.89. The lowest BCUT2D eigenvalue weighted by Crippen LogP contribution is -2.41. The molecule has 2 amide bonds. The van der Waals surface area contributed by atoms with Crippen LogP contribution in [-0.2, 0) is 0 Å². The highest BCUT2D eigenvalue weighted by molar-refractivity contribution is 6.30. The molecule has 7 nitrogen and oxygen atoms in total. The van der Waals surface area contributed by atoms with Gasteiger partial charge in [0.2, 0.25) is 0 Å². The molecular weight excluding hydrogens is 389 g/mol. The molecule has 1 aliphatic carbocycles. The Morgan fingerprint density at radius 1 is 0.963 bits per heavy atom. The summed E-state index contributed by atoms with van der Waals surface area (Å²) in [7, 11) is 0. The maximum Gasteiger partial charge on any atom is 0.276 e. The highest BCUT2D eigenvalue weighted by Gasteiger charge is 2.24. The molecule has 2 aromatic rings. The predicted octanol–water partition coefficient (Wildman–Crippen LogP) is 2.80. The van der Waals surface area contributed by atoms with Crippen molar-refractivity contribution in [3.05, 3.63) is 53.1 Å². The smallest absolute Gasteiger partial charge is 0.276 e. The number of rotatable bonds is 4. The third-order valence-electron chi connectivity index (χ3n) is 4.34. The number of nitrogens with two attached hydrogens (primary N) is 1. The molecule has 1 fully saturated rings. The van der Waals surface area contributed by atoms with Gasteiger partial charge in [0.1, 0.15) is 0 Å². The minimum absolute atomic E-state index is 0. The Balaban J connectivity index is 0.00000261. The summed E-state index contributed by atoms with van der Waals surface area (Å²) in [6.07, 6.45) is 6.15. The Labute approximate surface area is 168 Å². The third-order valence-corrected chi connectivity index (χ3v) is 4.59. The Hall–Kier alpha value is -2.22. The van der Waals surface area contributed by atoms with Gasteiger partial charge in [-0.3, -0.25) is 9.59 Å². The molecule has 4 N–H and O–H groups in total. The number of halogens is 2. The molecule has 0 bridgehead atoms. The van der Waals surface area contributed by atoms with E-state index in [0.717, 1.165) is 25.7 Å². The van der Waals surface area contributed by atoms with Gasteiger partial charge < -0.3 is 16.4 Å². The summed E-state index contributed by atoms with van der Waals surface area (Å²) in [4.78, 5) is 33.2. The average Bonchev–Trinajstić information content (AvgIpc) is 2.65. The van der Waals surface area contributed by atoms with Gasteiger partial charge in [0.15, 0.2) is 11.4 Å². The second kappa shape index (κ2) is 9.64. The standard InChI is InChI=1S/C18H20ClN5O2.ClH/c19-11-1-5-13(6-2-11)23-17(25)15-16(22-10-9-21-15)18(26)24-14-7-3-12(20)4-8-14;/h1-2,5-6,9-10,12,14H,3-4,7-8,20H2,(H,23,25)(H,24,26);1H. The van der Waals surface area contributed by atoms with Crippen LogP contribution in [0.4, 0.5) is 5.69 Å². The van der Waals surface area contributed by atoms with Gasteiger partial charge in [0.05, 0.1) is 0 Å². The monoisotopic (exact) mass is 409 g/mol. The number of nitrogens with zero attached hydrogens (tertiary/aromatic N) is 2. The Kier molecular flexibility index (Phi) is 7.53. The molecule has 1 saturated carbocycles. The van der Waals surface area contributed by atoms with Crippen LogP contribution in [0.25, 0.3) is 0 Å². The van der Waals surface area contributed by atoms with Gasteiger partial charge in [-0.25, -0.2) is 9.97 Å². The number of benzene rings is 1. The number of amides is 2. The topological polar surface area (TPSA) is 110 Å². The molecule has 1 heterocycles. The van der Waals surface area contributed by atoms with E-state index in [9.17, 15) is 9.59 Å². The lowest BCUT2D eigenvalue weighted by molar-refractivity contribution is 0.0908. The van der Waals surface area contributed by atoms with Crippen LogP contribution in [0.3, 0.4) is 0 Å². The zero-order chi connectivity index (χ0) is 18.5. The van der Waals surface area contributed by atoms with Crippen molar-refractivity contribution >= 4 is 41.5 Å². The minimum atomic E-state index is -0.503. The highest BCUT2D eigenvalue weighted by Crippen LogP contribution is 2.18. The van der Waals surface area contributed by atoms with Crippen LogP contribution >= 0.6 is 24.0 Å². The molecule has 144 valence electrons. The van der Waals surface area contributed by atoms with Gasteiger partial charge in [-0.1, -0.05) is 11.6 Å². The second-order valence-corrected chi connectivity index (χ2v) is 6.74.